The van der Waals surface area contributed by atoms with E-state index in [2.05, 4.69) is 26.5 Å². The van der Waals surface area contributed by atoms with Crippen LogP contribution in [-0.2, 0) is 17.2 Å². The second kappa shape index (κ2) is 12.7. The predicted molar refractivity (Wildman–Crippen MR) is 139 cm³/mol. The highest BCUT2D eigenvalue weighted by Crippen LogP contribution is 2.37. The van der Waals surface area contributed by atoms with Crippen molar-refractivity contribution < 1.29 is 14.3 Å². The largest absolute Gasteiger partial charge is 0.493 e. The summed E-state index contributed by atoms with van der Waals surface area (Å²) in [7, 11) is 1.57. The summed E-state index contributed by atoms with van der Waals surface area (Å²) in [5.74, 6) is 1.75. The molecule has 0 radical (unpaired) electrons. The Balaban J connectivity index is 1.56. The van der Waals surface area contributed by atoms with E-state index in [0.29, 0.717) is 23.1 Å². The summed E-state index contributed by atoms with van der Waals surface area (Å²) >= 11 is 11.0. The number of hydrazone groups is 1. The fraction of sp³-hybridized carbons (Fsp3) is 0.200. The summed E-state index contributed by atoms with van der Waals surface area (Å²) in [6.07, 6.45) is 1.57. The van der Waals surface area contributed by atoms with Gasteiger partial charge in [0.15, 0.2) is 11.5 Å². The molecule has 0 aromatic heterocycles. The first kappa shape index (κ1) is 25.1. The molecule has 1 N–H and O–H groups in total. The molecule has 0 unspecified atom stereocenters. The standard InChI is InChI=1S/C25H24BrClN2O3S/c1-17(33-16-19-6-4-3-5-7-19)25(30)29-28-14-20-12-22(26)24(23(13-20)31-2)32-15-18-8-10-21(27)11-9-18/h3-14,17H,15-16H2,1-2H3,(H,29,30)/b28-14-/t17-/m1/s1. The lowest BCUT2D eigenvalue weighted by atomic mass is 10.2. The van der Waals surface area contributed by atoms with E-state index in [9.17, 15) is 4.79 Å². The smallest absolute Gasteiger partial charge is 0.252 e. The maximum Gasteiger partial charge on any atom is 0.252 e. The van der Waals surface area contributed by atoms with Crippen molar-refractivity contribution in [3.63, 3.8) is 0 Å². The molecule has 3 aromatic carbocycles. The Bertz CT molecular complexity index is 1090. The van der Waals surface area contributed by atoms with Gasteiger partial charge in [0.05, 0.1) is 23.0 Å². The Morgan fingerprint density at radius 2 is 1.88 bits per heavy atom. The Morgan fingerprint density at radius 3 is 2.58 bits per heavy atom. The van der Waals surface area contributed by atoms with E-state index in [0.717, 1.165) is 21.4 Å². The van der Waals surface area contributed by atoms with Crippen LogP contribution in [0.15, 0.2) is 76.3 Å². The van der Waals surface area contributed by atoms with E-state index >= 15 is 0 Å². The van der Waals surface area contributed by atoms with Crippen LogP contribution in [0.3, 0.4) is 0 Å². The van der Waals surface area contributed by atoms with E-state index in [-0.39, 0.29) is 11.2 Å². The van der Waals surface area contributed by atoms with Crippen LogP contribution in [0.5, 0.6) is 11.5 Å². The highest BCUT2D eigenvalue weighted by atomic mass is 79.9. The number of methoxy groups -OCH3 is 1. The van der Waals surface area contributed by atoms with Crippen molar-refractivity contribution in [3.8, 4) is 11.5 Å². The quantitative estimate of drug-likeness (QED) is 0.234. The fourth-order valence-electron chi connectivity index (χ4n) is 2.82. The van der Waals surface area contributed by atoms with Gasteiger partial charge >= 0.3 is 0 Å². The molecule has 0 aliphatic carbocycles. The summed E-state index contributed by atoms with van der Waals surface area (Å²) in [4.78, 5) is 12.3. The molecule has 0 saturated carbocycles. The summed E-state index contributed by atoms with van der Waals surface area (Å²) < 4.78 is 12.1. The van der Waals surface area contributed by atoms with Crippen LogP contribution in [0.4, 0.5) is 0 Å². The number of thioether (sulfide) groups is 1. The average molecular weight is 548 g/mol. The van der Waals surface area contributed by atoms with Gasteiger partial charge in [-0.3, -0.25) is 4.79 Å². The fourth-order valence-corrected chi connectivity index (χ4v) is 4.36. The molecule has 0 bridgehead atoms. The Morgan fingerprint density at radius 1 is 1.15 bits per heavy atom. The molecule has 8 heteroatoms. The van der Waals surface area contributed by atoms with Crippen LogP contribution in [-0.4, -0.2) is 24.5 Å². The molecule has 3 rings (SSSR count). The van der Waals surface area contributed by atoms with Gasteiger partial charge in [0.25, 0.3) is 5.91 Å². The molecule has 1 atom stereocenters. The Labute approximate surface area is 211 Å². The van der Waals surface area contributed by atoms with Crippen LogP contribution in [0, 0.1) is 0 Å². The number of carbonyl (C=O) groups is 1. The van der Waals surface area contributed by atoms with E-state index in [1.165, 1.54) is 5.56 Å². The van der Waals surface area contributed by atoms with Crippen molar-refractivity contribution >= 4 is 51.4 Å². The maximum absolute atomic E-state index is 12.3. The van der Waals surface area contributed by atoms with Gasteiger partial charge in [-0.05, 0) is 63.8 Å². The summed E-state index contributed by atoms with van der Waals surface area (Å²) in [5.41, 5.74) is 5.52. The first-order valence-electron chi connectivity index (χ1n) is 10.2. The molecule has 33 heavy (non-hydrogen) atoms. The van der Waals surface area contributed by atoms with Gasteiger partial charge in [0.2, 0.25) is 0 Å². The molecule has 0 aliphatic rings. The van der Waals surface area contributed by atoms with Gasteiger partial charge in [-0.25, -0.2) is 5.43 Å². The number of rotatable bonds is 10. The number of benzene rings is 3. The first-order chi connectivity index (χ1) is 16.0. The lowest BCUT2D eigenvalue weighted by Crippen LogP contribution is -2.27. The third-order valence-corrected chi connectivity index (χ3v) is 6.70. The Hall–Kier alpha value is -2.48. The minimum Gasteiger partial charge on any atom is -0.493 e. The number of hydrogen-bond donors (Lipinski definition) is 1. The molecule has 0 aliphatic heterocycles. The molecule has 0 saturated heterocycles. The molecule has 1 amide bonds. The van der Waals surface area contributed by atoms with E-state index in [4.69, 9.17) is 21.1 Å². The van der Waals surface area contributed by atoms with Crippen LogP contribution < -0.4 is 14.9 Å². The van der Waals surface area contributed by atoms with Crippen molar-refractivity contribution in [1.82, 2.24) is 5.43 Å². The van der Waals surface area contributed by atoms with Crippen molar-refractivity contribution in [2.75, 3.05) is 7.11 Å². The topological polar surface area (TPSA) is 59.9 Å². The molecule has 172 valence electrons. The minimum absolute atomic E-state index is 0.152. The van der Waals surface area contributed by atoms with Crippen molar-refractivity contribution in [2.24, 2.45) is 5.10 Å². The molecular weight excluding hydrogens is 524 g/mol. The molecule has 0 heterocycles. The lowest BCUT2D eigenvalue weighted by Gasteiger charge is -2.13. The van der Waals surface area contributed by atoms with Crippen molar-refractivity contribution in [1.29, 1.82) is 0 Å². The Kier molecular flexibility index (Phi) is 9.66. The zero-order valence-electron chi connectivity index (χ0n) is 18.3. The number of ether oxygens (including phenoxy) is 2. The number of carbonyl (C=O) groups excluding carboxylic acids is 1. The highest BCUT2D eigenvalue weighted by Gasteiger charge is 2.14. The lowest BCUT2D eigenvalue weighted by molar-refractivity contribution is -0.120. The van der Waals surface area contributed by atoms with Gasteiger partial charge in [-0.1, -0.05) is 54.1 Å². The van der Waals surface area contributed by atoms with Gasteiger partial charge in [-0.2, -0.15) is 5.10 Å². The maximum atomic E-state index is 12.3. The predicted octanol–water partition coefficient (Wildman–Crippen LogP) is 6.46. The number of nitrogens with zero attached hydrogens (tertiary/aromatic N) is 1. The molecule has 0 fully saturated rings. The van der Waals surface area contributed by atoms with Gasteiger partial charge in [0.1, 0.15) is 6.61 Å². The first-order valence-corrected chi connectivity index (χ1v) is 12.4. The SMILES string of the molecule is COc1cc(/C=N\NC(=O)[C@@H](C)SCc2ccccc2)cc(Br)c1OCc1ccc(Cl)cc1. The van der Waals surface area contributed by atoms with Gasteiger partial charge in [0, 0.05) is 10.8 Å². The average Bonchev–Trinajstić information content (AvgIpc) is 2.83. The van der Waals surface area contributed by atoms with E-state index in [1.807, 2.05) is 67.6 Å². The van der Waals surface area contributed by atoms with Gasteiger partial charge in [-0.15, -0.1) is 11.8 Å². The molecule has 5 nitrogen and oxygen atoms in total. The number of amides is 1. The zero-order chi connectivity index (χ0) is 23.6. The van der Waals surface area contributed by atoms with E-state index < -0.39 is 0 Å². The van der Waals surface area contributed by atoms with Crippen LogP contribution >= 0.6 is 39.3 Å². The summed E-state index contributed by atoms with van der Waals surface area (Å²) in [5, 5.41) is 4.55. The molecule has 0 spiro atoms. The molecule has 3 aromatic rings. The van der Waals surface area contributed by atoms with Crippen LogP contribution in [0.1, 0.15) is 23.6 Å². The number of hydrogen-bond acceptors (Lipinski definition) is 5. The molecular formula is C25H24BrClN2O3S. The van der Waals surface area contributed by atoms with Crippen molar-refractivity contribution in [3.05, 3.63) is 92.9 Å². The summed E-state index contributed by atoms with van der Waals surface area (Å²) in [6.45, 7) is 2.24. The van der Waals surface area contributed by atoms with Crippen LogP contribution in [0.25, 0.3) is 0 Å². The second-order valence-electron chi connectivity index (χ2n) is 7.12. The second-order valence-corrected chi connectivity index (χ2v) is 9.74. The normalized spacial score (nSPS) is 11.9. The zero-order valence-corrected chi connectivity index (χ0v) is 21.4. The highest BCUT2D eigenvalue weighted by molar-refractivity contribution is 9.10. The monoisotopic (exact) mass is 546 g/mol. The minimum atomic E-state index is -0.229. The third kappa shape index (κ3) is 7.81. The number of nitrogens with one attached hydrogen (secondary N) is 1. The summed E-state index contributed by atoms with van der Waals surface area (Å²) in [6, 6.07) is 21.2. The number of halogens is 2. The van der Waals surface area contributed by atoms with E-state index in [1.54, 1.807) is 31.2 Å². The van der Waals surface area contributed by atoms with Crippen molar-refractivity contribution in [2.45, 2.75) is 24.5 Å². The van der Waals surface area contributed by atoms with Gasteiger partial charge < -0.3 is 9.47 Å². The third-order valence-electron chi connectivity index (χ3n) is 4.65. The van der Waals surface area contributed by atoms with Crippen LogP contribution in [0.2, 0.25) is 5.02 Å².